The van der Waals surface area contributed by atoms with E-state index >= 15 is 0 Å². The number of rotatable bonds is 5. The zero-order valence-corrected chi connectivity index (χ0v) is 17.1. The molecule has 0 unspecified atom stereocenters. The Bertz CT molecular complexity index is 226. The molecule has 2 aliphatic heterocycles. The van der Waals surface area contributed by atoms with Gasteiger partial charge < -0.3 is 26.0 Å². The molecule has 0 amide bonds. The van der Waals surface area contributed by atoms with Gasteiger partial charge in [-0.1, -0.05) is 13.8 Å². The van der Waals surface area contributed by atoms with E-state index in [1.807, 2.05) is 13.8 Å². The minimum atomic E-state index is 0. The van der Waals surface area contributed by atoms with Crippen LogP contribution in [0.3, 0.4) is 0 Å². The van der Waals surface area contributed by atoms with E-state index in [1.54, 1.807) is 0 Å². The van der Waals surface area contributed by atoms with E-state index in [2.05, 4.69) is 27.2 Å². The molecule has 0 aliphatic carbocycles. The molecule has 0 aromatic rings. The van der Waals surface area contributed by atoms with E-state index in [0.717, 1.165) is 19.0 Å². The van der Waals surface area contributed by atoms with Crippen molar-refractivity contribution >= 4 is 0 Å². The van der Waals surface area contributed by atoms with Gasteiger partial charge >= 0.3 is 0 Å². The van der Waals surface area contributed by atoms with Crippen LogP contribution in [0.1, 0.15) is 26.7 Å². The number of nitrogens with one attached hydrogen (secondary N) is 2. The van der Waals surface area contributed by atoms with Crippen molar-refractivity contribution in [2.45, 2.75) is 26.7 Å². The molecule has 0 aromatic carbocycles. The summed E-state index contributed by atoms with van der Waals surface area (Å²) in [4.78, 5) is 7.56. The van der Waals surface area contributed by atoms with Gasteiger partial charge in [-0.05, 0) is 45.4 Å². The number of hydrogen-bond acceptors (Lipinski definition) is 4. The molecule has 2 N–H and O–H groups in total. The van der Waals surface area contributed by atoms with E-state index in [4.69, 9.17) is 5.84 Å². The van der Waals surface area contributed by atoms with Crippen LogP contribution in [-0.4, -0.2) is 80.7 Å². The van der Waals surface area contributed by atoms with Crippen LogP contribution >= 0.6 is 0 Å². The van der Waals surface area contributed by atoms with E-state index in [9.17, 15) is 0 Å². The summed E-state index contributed by atoms with van der Waals surface area (Å²) >= 11 is 0. The molecule has 5 nitrogen and oxygen atoms in total. The van der Waals surface area contributed by atoms with Crippen LogP contribution in [0, 0.1) is 5.92 Å². The quantitative estimate of drug-likeness (QED) is 0.743. The molecule has 123 valence electrons. The zero-order chi connectivity index (χ0) is 14.8. The summed E-state index contributed by atoms with van der Waals surface area (Å²) in [5.41, 5.74) is 2.49. The van der Waals surface area contributed by atoms with Crippen LogP contribution in [0.5, 0.6) is 0 Å². The van der Waals surface area contributed by atoms with Gasteiger partial charge in [0.1, 0.15) is 0 Å². The third-order valence-electron chi connectivity index (χ3n) is 4.37. The van der Waals surface area contributed by atoms with Crippen LogP contribution < -0.4 is 5.43 Å². The van der Waals surface area contributed by atoms with Crippen molar-refractivity contribution in [2.75, 3.05) is 66.0 Å². The van der Waals surface area contributed by atoms with Crippen molar-refractivity contribution in [1.82, 2.24) is 20.1 Å². The first kappa shape index (κ1) is 21.9. The Balaban J connectivity index is 0.00000128. The summed E-state index contributed by atoms with van der Waals surface area (Å²) in [5, 5.41) is 0. The van der Waals surface area contributed by atoms with Gasteiger partial charge in [0.2, 0.25) is 0 Å². The summed E-state index contributed by atoms with van der Waals surface area (Å²) in [6.45, 7) is 14.5. The summed E-state index contributed by atoms with van der Waals surface area (Å²) in [5.74, 6) is 7.86. The number of hydrogen-bond donors (Lipinski definition) is 1. The average Bonchev–Trinajstić information content (AvgIpc) is 2.51. The van der Waals surface area contributed by atoms with Crippen molar-refractivity contribution in [1.29, 1.82) is 0 Å². The van der Waals surface area contributed by atoms with Gasteiger partial charge in [-0.2, -0.15) is 0 Å². The molecule has 0 saturated carbocycles. The molecule has 1 radical (unpaired) electrons. The summed E-state index contributed by atoms with van der Waals surface area (Å²) in [7, 11) is 2.22. The Labute approximate surface area is 156 Å². The third kappa shape index (κ3) is 8.94. The fourth-order valence-corrected chi connectivity index (χ4v) is 3.00. The Morgan fingerprint density at radius 3 is 2.05 bits per heavy atom. The number of likely N-dealkylation sites (tertiary alicyclic amines) is 1. The SMILES string of the molecule is CC.CN1CCN(CC2CCN(CCN[NH-])CC2)CC1.[Y]. The molecule has 6 heteroatoms. The topological polar surface area (TPSA) is 45.5 Å². The molecule has 2 aliphatic rings. The molecule has 2 fully saturated rings. The molecular formula is C15H34N5Y-. The van der Waals surface area contributed by atoms with Gasteiger partial charge in [0, 0.05) is 72.0 Å². The largest absolute Gasteiger partial charge is 0.612 e. The fourth-order valence-electron chi connectivity index (χ4n) is 3.00. The van der Waals surface area contributed by atoms with Gasteiger partial charge in [0.05, 0.1) is 0 Å². The Morgan fingerprint density at radius 1 is 0.952 bits per heavy atom. The molecule has 21 heavy (non-hydrogen) atoms. The van der Waals surface area contributed by atoms with Crippen molar-refractivity contribution in [3.8, 4) is 0 Å². The maximum Gasteiger partial charge on any atom is 0.0110 e. The number of likely N-dealkylation sites (N-methyl/N-ethyl adjacent to an activating group) is 1. The Kier molecular flexibility index (Phi) is 13.9. The number of piperidine rings is 1. The van der Waals surface area contributed by atoms with Gasteiger partial charge in [0.25, 0.3) is 0 Å². The predicted molar refractivity (Wildman–Crippen MR) is 86.8 cm³/mol. The minimum absolute atomic E-state index is 0. The van der Waals surface area contributed by atoms with E-state index in [0.29, 0.717) is 0 Å². The van der Waals surface area contributed by atoms with Crippen LogP contribution in [0.25, 0.3) is 5.84 Å². The molecule has 2 rings (SSSR count). The van der Waals surface area contributed by atoms with Crippen molar-refractivity contribution in [2.24, 2.45) is 5.92 Å². The molecule has 2 heterocycles. The molecule has 0 spiro atoms. The molecule has 2 saturated heterocycles. The fraction of sp³-hybridized carbons (Fsp3) is 1.00. The normalized spacial score (nSPS) is 22.3. The number of piperazine rings is 1. The van der Waals surface area contributed by atoms with E-state index in [1.165, 1.54) is 58.7 Å². The standard InChI is InChI=1S/C13H28N5.C2H6.Y/c1-16-8-10-18(11-9-16)12-13-2-5-17(6-3-13)7-4-15-14;1-2;/h13-15H,2-12H2,1H3;1-2H3;/q-1;;. The minimum Gasteiger partial charge on any atom is -0.612 e. The van der Waals surface area contributed by atoms with Gasteiger partial charge in [-0.3, -0.25) is 0 Å². The Morgan fingerprint density at radius 2 is 1.52 bits per heavy atom. The summed E-state index contributed by atoms with van der Waals surface area (Å²) < 4.78 is 0. The Hall–Kier alpha value is 0.904. The van der Waals surface area contributed by atoms with E-state index < -0.39 is 0 Å². The second-order valence-corrected chi connectivity index (χ2v) is 5.82. The first-order valence-electron chi connectivity index (χ1n) is 8.31. The van der Waals surface area contributed by atoms with Crippen LogP contribution in [0.4, 0.5) is 0 Å². The van der Waals surface area contributed by atoms with Crippen LogP contribution in [0.15, 0.2) is 0 Å². The predicted octanol–water partition coefficient (Wildman–Crippen LogP) is 1.53. The first-order chi connectivity index (χ1) is 9.78. The number of nitrogens with zero attached hydrogens (tertiary/aromatic N) is 3. The molecule has 0 atom stereocenters. The zero-order valence-electron chi connectivity index (χ0n) is 14.3. The van der Waals surface area contributed by atoms with E-state index in [-0.39, 0.29) is 32.7 Å². The smallest absolute Gasteiger partial charge is 0.0110 e. The summed E-state index contributed by atoms with van der Waals surface area (Å²) in [6.07, 6.45) is 2.68. The van der Waals surface area contributed by atoms with Crippen molar-refractivity contribution < 1.29 is 32.7 Å². The second kappa shape index (κ2) is 13.4. The molecule has 0 bridgehead atoms. The van der Waals surface area contributed by atoms with Crippen LogP contribution in [0.2, 0.25) is 0 Å². The maximum atomic E-state index is 6.96. The van der Waals surface area contributed by atoms with Gasteiger partial charge in [0.15, 0.2) is 0 Å². The summed E-state index contributed by atoms with van der Waals surface area (Å²) in [6, 6.07) is 0. The monoisotopic (exact) mass is 373 g/mol. The van der Waals surface area contributed by atoms with Crippen molar-refractivity contribution in [3.05, 3.63) is 5.84 Å². The van der Waals surface area contributed by atoms with Gasteiger partial charge in [-0.25, -0.2) is 0 Å². The van der Waals surface area contributed by atoms with Crippen molar-refractivity contribution in [3.63, 3.8) is 0 Å². The second-order valence-electron chi connectivity index (χ2n) is 5.82. The van der Waals surface area contributed by atoms with Gasteiger partial charge in [-0.15, -0.1) is 0 Å². The average molecular weight is 373 g/mol. The molecule has 0 aromatic heterocycles. The first-order valence-corrected chi connectivity index (χ1v) is 8.31. The van der Waals surface area contributed by atoms with Crippen LogP contribution in [-0.2, 0) is 32.7 Å². The maximum absolute atomic E-state index is 6.96. The molecular weight excluding hydrogens is 339 g/mol. The third-order valence-corrected chi connectivity index (χ3v) is 4.37.